The molecule has 0 heterocycles. The Morgan fingerprint density at radius 2 is 1.71 bits per heavy atom. The number of nitrogens with one attached hydrogen (secondary N) is 1. The van der Waals surface area contributed by atoms with E-state index in [2.05, 4.69) is 12.2 Å². The second kappa shape index (κ2) is 9.67. The fourth-order valence-electron chi connectivity index (χ4n) is 2.94. The van der Waals surface area contributed by atoms with Gasteiger partial charge in [0.2, 0.25) is 0 Å². The molecule has 1 atom stereocenters. The predicted octanol–water partition coefficient (Wildman–Crippen LogP) is 5.02. The fourth-order valence-corrected chi connectivity index (χ4v) is 2.94. The second-order valence-corrected chi connectivity index (χ2v) is 6.45. The van der Waals surface area contributed by atoms with E-state index in [9.17, 15) is 4.79 Å². The van der Waals surface area contributed by atoms with E-state index in [4.69, 9.17) is 9.47 Å². The molecule has 1 N–H and O–H groups in total. The predicted molar refractivity (Wildman–Crippen MR) is 99.9 cm³/mol. The molecule has 0 aromatic heterocycles. The molecular weight excluding hydrogens is 302 g/mol. The molecule has 1 rings (SSSR count). The number of ether oxygens (including phenoxy) is 2. The molecule has 4 nitrogen and oxygen atoms in total. The van der Waals surface area contributed by atoms with Gasteiger partial charge in [0.25, 0.3) is 5.91 Å². The second-order valence-electron chi connectivity index (χ2n) is 6.45. The van der Waals surface area contributed by atoms with Crippen molar-refractivity contribution in [1.82, 2.24) is 0 Å². The molecule has 0 saturated heterocycles. The van der Waals surface area contributed by atoms with Crippen molar-refractivity contribution in [3.8, 4) is 5.75 Å². The first-order valence-corrected chi connectivity index (χ1v) is 9.07. The number of aryl methyl sites for hydroxylation is 2. The number of anilines is 1. The minimum atomic E-state index is -0.787. The van der Waals surface area contributed by atoms with Gasteiger partial charge in [0, 0.05) is 12.3 Å². The molecule has 0 radical (unpaired) electrons. The number of carbonyl (C=O) groups excluding carboxylic acids is 1. The van der Waals surface area contributed by atoms with Crippen molar-refractivity contribution in [2.24, 2.45) is 0 Å². The first kappa shape index (κ1) is 20.5. The number of hydrogen-bond donors (Lipinski definition) is 1. The zero-order chi connectivity index (χ0) is 18.2. The maximum atomic E-state index is 12.8. The summed E-state index contributed by atoms with van der Waals surface area (Å²) in [5.74, 6) is 0.814. The van der Waals surface area contributed by atoms with Gasteiger partial charge < -0.3 is 14.8 Å². The van der Waals surface area contributed by atoms with Crippen LogP contribution >= 0.6 is 0 Å². The normalized spacial score (nSPS) is 13.4. The Morgan fingerprint density at radius 1 is 1.08 bits per heavy atom. The topological polar surface area (TPSA) is 47.6 Å². The Hall–Kier alpha value is -1.55. The highest BCUT2D eigenvalue weighted by molar-refractivity contribution is 5.97. The van der Waals surface area contributed by atoms with Crippen molar-refractivity contribution in [3.63, 3.8) is 0 Å². The Labute approximate surface area is 146 Å². The lowest BCUT2D eigenvalue weighted by Gasteiger charge is -2.28. The van der Waals surface area contributed by atoms with Crippen molar-refractivity contribution in [3.05, 3.63) is 23.3 Å². The van der Waals surface area contributed by atoms with Crippen LogP contribution in [0.1, 0.15) is 64.5 Å². The van der Waals surface area contributed by atoms with Crippen LogP contribution in [-0.4, -0.2) is 24.7 Å². The minimum absolute atomic E-state index is 0.0802. The number of hydrogen-bond acceptors (Lipinski definition) is 3. The summed E-state index contributed by atoms with van der Waals surface area (Å²) in [6, 6.07) is 3.91. The molecule has 0 bridgehead atoms. The minimum Gasteiger partial charge on any atom is -0.493 e. The molecule has 1 aromatic rings. The summed E-state index contributed by atoms with van der Waals surface area (Å²) in [5, 5.41) is 3.03. The van der Waals surface area contributed by atoms with Crippen LogP contribution in [-0.2, 0) is 9.53 Å². The lowest BCUT2D eigenvalue weighted by molar-refractivity contribution is -0.139. The lowest BCUT2D eigenvalue weighted by atomic mass is 9.96. The van der Waals surface area contributed by atoms with Gasteiger partial charge in [0.15, 0.2) is 0 Å². The van der Waals surface area contributed by atoms with E-state index in [0.717, 1.165) is 48.2 Å². The third kappa shape index (κ3) is 5.52. The van der Waals surface area contributed by atoms with Gasteiger partial charge in [0.1, 0.15) is 11.4 Å². The van der Waals surface area contributed by atoms with E-state index >= 15 is 0 Å². The number of benzene rings is 1. The Balaban J connectivity index is 2.90. The number of amides is 1. The van der Waals surface area contributed by atoms with Crippen molar-refractivity contribution in [2.45, 2.75) is 72.8 Å². The molecule has 0 saturated carbocycles. The van der Waals surface area contributed by atoms with Gasteiger partial charge in [-0.05, 0) is 64.3 Å². The van der Waals surface area contributed by atoms with Crippen LogP contribution in [0.2, 0.25) is 0 Å². The largest absolute Gasteiger partial charge is 0.493 e. The maximum Gasteiger partial charge on any atom is 0.256 e. The Kier molecular flexibility index (Phi) is 8.26. The van der Waals surface area contributed by atoms with Gasteiger partial charge in [-0.1, -0.05) is 26.2 Å². The molecule has 0 aliphatic heterocycles. The number of unbranched alkanes of at least 4 members (excludes halogenated alkanes) is 2. The molecule has 24 heavy (non-hydrogen) atoms. The van der Waals surface area contributed by atoms with E-state index in [1.165, 1.54) is 0 Å². The molecule has 4 heteroatoms. The highest BCUT2D eigenvalue weighted by Crippen LogP contribution is 2.28. The zero-order valence-corrected chi connectivity index (χ0v) is 16.1. The Bertz CT molecular complexity index is 519. The van der Waals surface area contributed by atoms with Crippen LogP contribution in [0.15, 0.2) is 12.1 Å². The summed E-state index contributed by atoms with van der Waals surface area (Å²) in [6.45, 7) is 13.1. The highest BCUT2D eigenvalue weighted by Gasteiger charge is 2.33. The fraction of sp³-hybridized carbons (Fsp3) is 0.650. The van der Waals surface area contributed by atoms with Gasteiger partial charge in [0.05, 0.1) is 6.61 Å². The first-order valence-electron chi connectivity index (χ1n) is 9.07. The van der Waals surface area contributed by atoms with Crippen LogP contribution in [0.25, 0.3) is 0 Å². The molecule has 0 unspecified atom stereocenters. The van der Waals surface area contributed by atoms with Crippen LogP contribution in [0.5, 0.6) is 5.75 Å². The molecule has 136 valence electrons. The summed E-state index contributed by atoms with van der Waals surface area (Å²) < 4.78 is 11.5. The standard InChI is InChI=1S/C20H33NO3/c1-7-10-11-12-20(6,24-9-3)19(22)21-17-13-15(4)18(23-8-2)16(5)14-17/h13-14H,7-12H2,1-6H3,(H,21,22)/t20-/m0/s1. The van der Waals surface area contributed by atoms with Gasteiger partial charge in [-0.15, -0.1) is 0 Å². The summed E-state index contributed by atoms with van der Waals surface area (Å²) in [4.78, 5) is 12.8. The van der Waals surface area contributed by atoms with Crippen molar-refractivity contribution in [2.75, 3.05) is 18.5 Å². The summed E-state index contributed by atoms with van der Waals surface area (Å²) in [6.07, 6.45) is 3.95. The molecule has 0 spiro atoms. The van der Waals surface area contributed by atoms with Crippen molar-refractivity contribution in [1.29, 1.82) is 0 Å². The van der Waals surface area contributed by atoms with Gasteiger partial charge in [-0.3, -0.25) is 4.79 Å². The van der Waals surface area contributed by atoms with E-state index in [1.54, 1.807) is 0 Å². The SMILES string of the molecule is CCCCC[C@](C)(OCC)C(=O)Nc1cc(C)c(OCC)c(C)c1. The van der Waals surface area contributed by atoms with Crippen LogP contribution in [0.4, 0.5) is 5.69 Å². The van der Waals surface area contributed by atoms with Crippen LogP contribution in [0.3, 0.4) is 0 Å². The average Bonchev–Trinajstić information content (AvgIpc) is 2.51. The van der Waals surface area contributed by atoms with Crippen molar-refractivity contribution < 1.29 is 14.3 Å². The third-order valence-electron chi connectivity index (χ3n) is 4.21. The van der Waals surface area contributed by atoms with E-state index < -0.39 is 5.60 Å². The average molecular weight is 335 g/mol. The molecule has 0 aliphatic rings. The van der Waals surface area contributed by atoms with Gasteiger partial charge >= 0.3 is 0 Å². The molecule has 1 amide bonds. The summed E-state index contributed by atoms with van der Waals surface area (Å²) >= 11 is 0. The lowest BCUT2D eigenvalue weighted by Crippen LogP contribution is -2.42. The molecule has 0 aliphatic carbocycles. The van der Waals surface area contributed by atoms with Gasteiger partial charge in [-0.2, -0.15) is 0 Å². The smallest absolute Gasteiger partial charge is 0.256 e. The summed E-state index contributed by atoms with van der Waals surface area (Å²) in [5.41, 5.74) is 2.05. The zero-order valence-electron chi connectivity index (χ0n) is 16.1. The number of rotatable bonds is 10. The van der Waals surface area contributed by atoms with E-state index in [0.29, 0.717) is 13.2 Å². The quantitative estimate of drug-likeness (QED) is 0.611. The van der Waals surface area contributed by atoms with Crippen LogP contribution in [0, 0.1) is 13.8 Å². The monoisotopic (exact) mass is 335 g/mol. The molecule has 1 aromatic carbocycles. The van der Waals surface area contributed by atoms with E-state index in [1.807, 2.05) is 46.8 Å². The Morgan fingerprint density at radius 3 is 2.21 bits per heavy atom. The van der Waals surface area contributed by atoms with Crippen LogP contribution < -0.4 is 10.1 Å². The third-order valence-corrected chi connectivity index (χ3v) is 4.21. The maximum absolute atomic E-state index is 12.8. The summed E-state index contributed by atoms with van der Waals surface area (Å²) in [7, 11) is 0. The highest BCUT2D eigenvalue weighted by atomic mass is 16.5. The van der Waals surface area contributed by atoms with Gasteiger partial charge in [-0.25, -0.2) is 0 Å². The first-order chi connectivity index (χ1) is 11.4. The van der Waals surface area contributed by atoms with Crippen molar-refractivity contribution >= 4 is 11.6 Å². The molecular formula is C20H33NO3. The number of carbonyl (C=O) groups is 1. The molecule has 0 fully saturated rings. The van der Waals surface area contributed by atoms with E-state index in [-0.39, 0.29) is 5.91 Å².